The fourth-order valence-electron chi connectivity index (χ4n) is 2.09. The lowest BCUT2D eigenvalue weighted by Gasteiger charge is -2.07. The van der Waals surface area contributed by atoms with E-state index in [1.807, 2.05) is 19.1 Å². The first-order valence-corrected chi connectivity index (χ1v) is 6.84. The lowest BCUT2D eigenvalue weighted by atomic mass is 10.1. The van der Waals surface area contributed by atoms with Crippen LogP contribution in [-0.2, 0) is 23.0 Å². The number of rotatable bonds is 4. The minimum Gasteiger partial charge on any atom is -0.469 e. The van der Waals surface area contributed by atoms with Gasteiger partial charge < -0.3 is 9.30 Å². The van der Waals surface area contributed by atoms with Crippen molar-refractivity contribution in [1.82, 2.24) is 4.57 Å². The lowest BCUT2D eigenvalue weighted by Crippen LogP contribution is -2.12. The van der Waals surface area contributed by atoms with E-state index in [1.165, 1.54) is 7.11 Å². The molecule has 1 aromatic carbocycles. The molecule has 21 heavy (non-hydrogen) atoms. The molecule has 0 bridgehead atoms. The number of hydrogen-bond donors (Lipinski definition) is 0. The molecule has 2 rings (SSSR count). The molecular formula is C16H16ClNO3. The Bertz CT molecular complexity index is 686. The molecule has 0 saturated heterocycles. The van der Waals surface area contributed by atoms with E-state index in [0.717, 1.165) is 5.56 Å². The van der Waals surface area contributed by atoms with Gasteiger partial charge in [-0.1, -0.05) is 41.4 Å². The van der Waals surface area contributed by atoms with E-state index >= 15 is 0 Å². The molecule has 0 N–H and O–H groups in total. The summed E-state index contributed by atoms with van der Waals surface area (Å²) in [6, 6.07) is 8.90. The highest BCUT2D eigenvalue weighted by Crippen LogP contribution is 2.23. The molecule has 0 fully saturated rings. The van der Waals surface area contributed by atoms with Gasteiger partial charge >= 0.3 is 5.97 Å². The summed E-state index contributed by atoms with van der Waals surface area (Å²) in [4.78, 5) is 23.9. The Hall–Kier alpha value is -2.07. The Morgan fingerprint density at radius 3 is 2.43 bits per heavy atom. The van der Waals surface area contributed by atoms with Crippen LogP contribution < -0.4 is 0 Å². The van der Waals surface area contributed by atoms with Crippen molar-refractivity contribution in [3.05, 3.63) is 57.9 Å². The first kappa shape index (κ1) is 15.3. The normalized spacial score (nSPS) is 10.5. The van der Waals surface area contributed by atoms with Crippen LogP contribution in [0.4, 0.5) is 0 Å². The maximum atomic E-state index is 12.5. The van der Waals surface area contributed by atoms with Crippen molar-refractivity contribution >= 4 is 23.4 Å². The van der Waals surface area contributed by atoms with Crippen molar-refractivity contribution in [2.75, 3.05) is 7.11 Å². The Morgan fingerprint density at radius 1 is 1.24 bits per heavy atom. The van der Waals surface area contributed by atoms with E-state index < -0.39 is 5.97 Å². The average Bonchev–Trinajstić information content (AvgIpc) is 2.75. The zero-order valence-corrected chi connectivity index (χ0v) is 12.9. The Kier molecular flexibility index (Phi) is 4.48. The first-order chi connectivity index (χ1) is 9.93. The van der Waals surface area contributed by atoms with Crippen LogP contribution in [0.3, 0.4) is 0 Å². The zero-order chi connectivity index (χ0) is 15.6. The van der Waals surface area contributed by atoms with E-state index in [4.69, 9.17) is 11.6 Å². The van der Waals surface area contributed by atoms with Gasteiger partial charge in [0.25, 0.3) is 0 Å². The smallest absolute Gasteiger partial charge is 0.311 e. The molecule has 0 aliphatic carbocycles. The molecule has 0 aliphatic rings. The van der Waals surface area contributed by atoms with Crippen LogP contribution in [-0.4, -0.2) is 23.4 Å². The van der Waals surface area contributed by atoms with E-state index in [2.05, 4.69) is 4.74 Å². The highest BCUT2D eigenvalue weighted by Gasteiger charge is 2.20. The summed E-state index contributed by atoms with van der Waals surface area (Å²) in [5.74, 6) is -0.525. The summed E-state index contributed by atoms with van der Waals surface area (Å²) in [7, 11) is 3.03. The number of nitrogens with zero attached hydrogens (tertiary/aromatic N) is 1. The first-order valence-electron chi connectivity index (χ1n) is 6.46. The van der Waals surface area contributed by atoms with E-state index in [9.17, 15) is 9.59 Å². The molecular weight excluding hydrogens is 290 g/mol. The highest BCUT2D eigenvalue weighted by atomic mass is 35.5. The Morgan fingerprint density at radius 2 is 1.86 bits per heavy atom. The molecule has 0 unspecified atom stereocenters. The third-order valence-corrected chi connectivity index (χ3v) is 3.72. The van der Waals surface area contributed by atoms with Crippen LogP contribution in [0.25, 0.3) is 0 Å². The van der Waals surface area contributed by atoms with Gasteiger partial charge in [-0.05, 0) is 13.0 Å². The van der Waals surface area contributed by atoms with Crippen molar-refractivity contribution in [3.8, 4) is 0 Å². The molecule has 0 amide bonds. The van der Waals surface area contributed by atoms with Gasteiger partial charge in [-0.3, -0.25) is 9.59 Å². The number of carbonyl (C=O) groups is 2. The Balaban J connectivity index is 2.36. The monoisotopic (exact) mass is 305 g/mol. The van der Waals surface area contributed by atoms with Gasteiger partial charge in [0.15, 0.2) is 0 Å². The number of esters is 1. The minimum absolute atomic E-state index is 0.0347. The van der Waals surface area contributed by atoms with Gasteiger partial charge in [0.1, 0.15) is 0 Å². The zero-order valence-electron chi connectivity index (χ0n) is 12.1. The fourth-order valence-corrected chi connectivity index (χ4v) is 2.39. The second kappa shape index (κ2) is 6.14. The van der Waals surface area contributed by atoms with Crippen molar-refractivity contribution in [2.45, 2.75) is 13.3 Å². The molecule has 0 saturated carbocycles. The summed E-state index contributed by atoms with van der Waals surface area (Å²) >= 11 is 6.13. The summed E-state index contributed by atoms with van der Waals surface area (Å²) in [6.07, 6.45) is 0.0347. The summed E-state index contributed by atoms with van der Waals surface area (Å²) < 4.78 is 6.28. The van der Waals surface area contributed by atoms with Gasteiger partial charge in [-0.2, -0.15) is 0 Å². The molecule has 0 radical (unpaired) electrons. The molecule has 0 aliphatic heterocycles. The maximum absolute atomic E-state index is 12.5. The SMILES string of the molecule is COC(=O)Cc1c(Cl)cc(C(=O)c2ccc(C)cc2)n1C. The Labute approximate surface area is 128 Å². The number of aryl methyl sites for hydroxylation is 1. The van der Waals surface area contributed by atoms with Gasteiger partial charge in [0.05, 0.1) is 24.2 Å². The van der Waals surface area contributed by atoms with E-state index in [1.54, 1.807) is 29.8 Å². The number of methoxy groups -OCH3 is 1. The van der Waals surface area contributed by atoms with Crippen LogP contribution in [0.5, 0.6) is 0 Å². The summed E-state index contributed by atoms with van der Waals surface area (Å²) in [5, 5.41) is 0.387. The van der Waals surface area contributed by atoms with Crippen LogP contribution >= 0.6 is 11.6 Å². The topological polar surface area (TPSA) is 48.3 Å². The summed E-state index contributed by atoms with van der Waals surface area (Å²) in [5.41, 5.74) is 2.69. The van der Waals surface area contributed by atoms with Gasteiger partial charge in [0, 0.05) is 18.3 Å². The number of hydrogen-bond acceptors (Lipinski definition) is 3. The van der Waals surface area contributed by atoms with Crippen LogP contribution in [0.2, 0.25) is 5.02 Å². The van der Waals surface area contributed by atoms with E-state index in [-0.39, 0.29) is 12.2 Å². The molecule has 0 atom stereocenters. The number of benzene rings is 1. The maximum Gasteiger partial charge on any atom is 0.311 e. The fraction of sp³-hybridized carbons (Fsp3) is 0.250. The van der Waals surface area contributed by atoms with E-state index in [0.29, 0.717) is 22.0 Å². The third-order valence-electron chi connectivity index (χ3n) is 3.39. The van der Waals surface area contributed by atoms with Crippen LogP contribution in [0.15, 0.2) is 30.3 Å². The van der Waals surface area contributed by atoms with Crippen molar-refractivity contribution in [1.29, 1.82) is 0 Å². The largest absolute Gasteiger partial charge is 0.469 e. The lowest BCUT2D eigenvalue weighted by molar-refractivity contribution is -0.139. The number of ketones is 1. The van der Waals surface area contributed by atoms with Gasteiger partial charge in [-0.15, -0.1) is 0 Å². The number of aromatic nitrogens is 1. The average molecular weight is 306 g/mol. The third kappa shape index (κ3) is 3.16. The molecule has 0 spiro atoms. The highest BCUT2D eigenvalue weighted by molar-refractivity contribution is 6.32. The number of ether oxygens (including phenoxy) is 1. The number of halogens is 1. The van der Waals surface area contributed by atoms with Crippen molar-refractivity contribution in [2.24, 2.45) is 7.05 Å². The van der Waals surface area contributed by atoms with Crippen LogP contribution in [0.1, 0.15) is 27.3 Å². The quantitative estimate of drug-likeness (QED) is 0.644. The molecule has 5 heteroatoms. The van der Waals surface area contributed by atoms with Gasteiger partial charge in [0.2, 0.25) is 5.78 Å². The van der Waals surface area contributed by atoms with Crippen molar-refractivity contribution in [3.63, 3.8) is 0 Å². The van der Waals surface area contributed by atoms with Gasteiger partial charge in [-0.25, -0.2) is 0 Å². The standard InChI is InChI=1S/C16H16ClNO3/c1-10-4-6-11(7-5-10)16(20)14-8-12(17)13(18(14)2)9-15(19)21-3/h4-8H,9H2,1-3H3. The molecule has 110 valence electrons. The predicted octanol–water partition coefficient (Wildman–Crippen LogP) is 2.93. The molecule has 4 nitrogen and oxygen atoms in total. The van der Waals surface area contributed by atoms with Crippen molar-refractivity contribution < 1.29 is 14.3 Å². The summed E-state index contributed by atoms with van der Waals surface area (Å²) in [6.45, 7) is 1.96. The minimum atomic E-state index is -0.396. The molecule has 1 heterocycles. The van der Waals surface area contributed by atoms with Crippen LogP contribution in [0, 0.1) is 6.92 Å². The molecule has 2 aromatic rings. The molecule has 1 aromatic heterocycles. The second-order valence-corrected chi connectivity index (χ2v) is 5.24. The second-order valence-electron chi connectivity index (χ2n) is 4.83. The predicted molar refractivity (Wildman–Crippen MR) is 80.8 cm³/mol. The number of carbonyl (C=O) groups excluding carboxylic acids is 2.